The number of benzene rings is 1. The number of fused-ring (bicyclic) bond motifs is 1. The van der Waals surface area contributed by atoms with E-state index in [0.29, 0.717) is 30.2 Å². The molecular weight excluding hydrogens is 398 g/mol. The van der Waals surface area contributed by atoms with Crippen LogP contribution in [0.15, 0.2) is 46.0 Å². The van der Waals surface area contributed by atoms with Crippen molar-refractivity contribution in [1.29, 1.82) is 0 Å². The van der Waals surface area contributed by atoms with Crippen LogP contribution in [0.4, 0.5) is 5.13 Å². The topological polar surface area (TPSA) is 62.3 Å². The summed E-state index contributed by atoms with van der Waals surface area (Å²) >= 11 is 4.51. The third-order valence-electron chi connectivity index (χ3n) is 4.36. The second-order valence-electron chi connectivity index (χ2n) is 6.03. The summed E-state index contributed by atoms with van der Waals surface area (Å²) in [6.45, 7) is 1.17. The highest BCUT2D eigenvalue weighted by molar-refractivity contribution is 7.98. The number of carbonyl (C=O) groups is 2. The molecule has 0 saturated carbocycles. The lowest BCUT2D eigenvalue weighted by Gasteiger charge is -2.26. The van der Waals surface area contributed by atoms with Gasteiger partial charge in [-0.2, -0.15) is 11.3 Å². The fourth-order valence-corrected chi connectivity index (χ4v) is 5.22. The minimum absolute atomic E-state index is 0.0443. The van der Waals surface area contributed by atoms with Crippen molar-refractivity contribution in [3.05, 3.63) is 62.8 Å². The molecule has 138 valence electrons. The average molecular weight is 416 g/mol. The molecule has 1 aliphatic rings. The molecule has 0 aliphatic carbocycles. The van der Waals surface area contributed by atoms with Gasteiger partial charge in [-0.1, -0.05) is 23.5 Å². The summed E-state index contributed by atoms with van der Waals surface area (Å²) in [6.07, 6.45) is 2.68. The maximum Gasteiger partial charge on any atom is 0.258 e. The molecule has 0 fully saturated rings. The Bertz CT molecular complexity index is 982. The molecule has 0 bridgehead atoms. The van der Waals surface area contributed by atoms with Crippen molar-refractivity contribution in [2.24, 2.45) is 0 Å². The third-order valence-corrected chi connectivity index (χ3v) is 6.84. The molecule has 0 spiro atoms. The first kappa shape index (κ1) is 18.2. The van der Waals surface area contributed by atoms with Crippen LogP contribution in [0.1, 0.15) is 31.3 Å². The number of hydrogen-bond acceptors (Lipinski definition) is 6. The van der Waals surface area contributed by atoms with Crippen molar-refractivity contribution in [3.8, 4) is 0 Å². The van der Waals surface area contributed by atoms with Crippen LogP contribution in [-0.2, 0) is 13.0 Å². The molecule has 5 nitrogen and oxygen atoms in total. The summed E-state index contributed by atoms with van der Waals surface area (Å²) in [5.74, 6) is -0.105. The Morgan fingerprint density at radius 2 is 2.11 bits per heavy atom. The molecule has 2 amide bonds. The first-order valence-electron chi connectivity index (χ1n) is 8.40. The highest BCUT2D eigenvalue weighted by atomic mass is 32.2. The number of carbonyl (C=O) groups excluding carboxylic acids is 2. The lowest BCUT2D eigenvalue weighted by atomic mass is 10.1. The number of rotatable bonds is 4. The zero-order valence-electron chi connectivity index (χ0n) is 14.6. The Balaban J connectivity index is 1.49. The lowest BCUT2D eigenvalue weighted by Crippen LogP contribution is -2.35. The zero-order chi connectivity index (χ0) is 18.8. The Labute approximate surface area is 169 Å². The number of thiophene rings is 1. The quantitative estimate of drug-likeness (QED) is 0.643. The number of nitrogens with one attached hydrogen (secondary N) is 1. The number of nitrogens with zero attached hydrogens (tertiary/aromatic N) is 2. The van der Waals surface area contributed by atoms with Crippen molar-refractivity contribution in [2.75, 3.05) is 18.1 Å². The summed E-state index contributed by atoms with van der Waals surface area (Å²) in [7, 11) is 0. The number of aromatic nitrogens is 1. The molecule has 0 atom stereocenters. The van der Waals surface area contributed by atoms with E-state index < -0.39 is 0 Å². The molecule has 1 aliphatic heterocycles. The predicted octanol–water partition coefficient (Wildman–Crippen LogP) is 4.38. The molecule has 4 rings (SSSR count). The molecule has 3 aromatic rings. The van der Waals surface area contributed by atoms with E-state index in [4.69, 9.17) is 0 Å². The fourth-order valence-electron chi connectivity index (χ4n) is 2.98. The predicted molar refractivity (Wildman–Crippen MR) is 111 cm³/mol. The average Bonchev–Trinajstić information content (AvgIpc) is 3.36. The normalized spacial score (nSPS) is 13.3. The maximum absolute atomic E-state index is 13.0. The molecule has 2 aromatic heterocycles. The molecule has 3 heterocycles. The summed E-state index contributed by atoms with van der Waals surface area (Å²) in [5.41, 5.74) is 2.35. The summed E-state index contributed by atoms with van der Waals surface area (Å²) in [4.78, 5) is 33.6. The Kier molecular flexibility index (Phi) is 5.29. The Morgan fingerprint density at radius 3 is 2.89 bits per heavy atom. The minimum atomic E-state index is -0.149. The molecule has 1 aromatic carbocycles. The highest BCUT2D eigenvalue weighted by Crippen LogP contribution is 2.30. The van der Waals surface area contributed by atoms with E-state index in [2.05, 4.69) is 10.3 Å². The molecular formula is C19H17N3O2S3. The van der Waals surface area contributed by atoms with Crippen LogP contribution < -0.4 is 5.32 Å². The van der Waals surface area contributed by atoms with Crippen LogP contribution in [0.25, 0.3) is 0 Å². The lowest BCUT2D eigenvalue weighted by molar-refractivity contribution is 0.0732. The fraction of sp³-hybridized carbons (Fsp3) is 0.211. The molecule has 0 radical (unpaired) electrons. The van der Waals surface area contributed by atoms with Gasteiger partial charge in [-0.15, -0.1) is 11.8 Å². The summed E-state index contributed by atoms with van der Waals surface area (Å²) in [5, 5.41) is 7.14. The van der Waals surface area contributed by atoms with Crippen LogP contribution in [-0.4, -0.2) is 34.5 Å². The molecule has 0 unspecified atom stereocenters. The van der Waals surface area contributed by atoms with Crippen molar-refractivity contribution in [2.45, 2.75) is 17.9 Å². The number of thioether (sulfide) groups is 1. The molecule has 0 saturated heterocycles. The first-order valence-corrected chi connectivity index (χ1v) is 11.4. The van der Waals surface area contributed by atoms with Gasteiger partial charge >= 0.3 is 0 Å². The van der Waals surface area contributed by atoms with Crippen molar-refractivity contribution >= 4 is 51.4 Å². The van der Waals surface area contributed by atoms with Gasteiger partial charge < -0.3 is 4.90 Å². The molecule has 8 heteroatoms. The second-order valence-corrected chi connectivity index (χ2v) is 8.74. The maximum atomic E-state index is 13.0. The van der Waals surface area contributed by atoms with Gasteiger partial charge in [0.1, 0.15) is 0 Å². The first-order chi connectivity index (χ1) is 13.2. The van der Waals surface area contributed by atoms with E-state index >= 15 is 0 Å². The molecule has 27 heavy (non-hydrogen) atoms. The van der Waals surface area contributed by atoms with Crippen LogP contribution in [0, 0.1) is 0 Å². The third kappa shape index (κ3) is 3.78. The number of thiazole rings is 1. The number of amides is 2. The Hall–Kier alpha value is -2.16. The minimum Gasteiger partial charge on any atom is -0.333 e. The van der Waals surface area contributed by atoms with Gasteiger partial charge in [-0.25, -0.2) is 4.98 Å². The van der Waals surface area contributed by atoms with Gasteiger partial charge in [-0.3, -0.25) is 14.9 Å². The van der Waals surface area contributed by atoms with Crippen LogP contribution in [0.3, 0.4) is 0 Å². The van der Waals surface area contributed by atoms with E-state index in [0.717, 1.165) is 21.0 Å². The standard InChI is InChI=1S/C19H17N3O2S3/c1-25-15-5-3-2-4-13(15)18(24)22-8-6-14-16(10-22)27-19(20-14)21-17(23)12-7-9-26-11-12/h2-5,7,9,11H,6,8,10H2,1H3,(H,20,21,23). The number of anilines is 1. The SMILES string of the molecule is CSc1ccccc1C(=O)N1CCc2nc(NC(=O)c3ccsc3)sc2C1. The second kappa shape index (κ2) is 7.84. The van der Waals surface area contributed by atoms with Gasteiger partial charge in [0.05, 0.1) is 23.4 Å². The highest BCUT2D eigenvalue weighted by Gasteiger charge is 2.26. The van der Waals surface area contributed by atoms with Gasteiger partial charge in [-0.05, 0) is 29.8 Å². The van der Waals surface area contributed by atoms with E-state index in [1.165, 1.54) is 22.7 Å². The van der Waals surface area contributed by atoms with E-state index in [1.807, 2.05) is 46.2 Å². The van der Waals surface area contributed by atoms with E-state index in [1.54, 1.807) is 17.8 Å². The Morgan fingerprint density at radius 1 is 1.26 bits per heavy atom. The van der Waals surface area contributed by atoms with Crippen molar-refractivity contribution in [3.63, 3.8) is 0 Å². The van der Waals surface area contributed by atoms with Gasteiger partial charge in [0, 0.05) is 28.1 Å². The van der Waals surface area contributed by atoms with Crippen molar-refractivity contribution < 1.29 is 9.59 Å². The van der Waals surface area contributed by atoms with Gasteiger partial charge in [0.25, 0.3) is 11.8 Å². The van der Waals surface area contributed by atoms with Crippen LogP contribution in [0.2, 0.25) is 0 Å². The van der Waals surface area contributed by atoms with Gasteiger partial charge in [0.2, 0.25) is 0 Å². The van der Waals surface area contributed by atoms with Crippen molar-refractivity contribution in [1.82, 2.24) is 9.88 Å². The summed E-state index contributed by atoms with van der Waals surface area (Å²) in [6, 6.07) is 9.48. The van der Waals surface area contributed by atoms with Gasteiger partial charge in [0.15, 0.2) is 5.13 Å². The monoisotopic (exact) mass is 415 g/mol. The number of hydrogen-bond donors (Lipinski definition) is 1. The van der Waals surface area contributed by atoms with Crippen LogP contribution >= 0.6 is 34.4 Å². The smallest absolute Gasteiger partial charge is 0.258 e. The van der Waals surface area contributed by atoms with E-state index in [-0.39, 0.29) is 11.8 Å². The largest absolute Gasteiger partial charge is 0.333 e. The molecule has 1 N–H and O–H groups in total. The zero-order valence-corrected chi connectivity index (χ0v) is 17.0. The van der Waals surface area contributed by atoms with Crippen LogP contribution in [0.5, 0.6) is 0 Å². The summed E-state index contributed by atoms with van der Waals surface area (Å²) < 4.78 is 0. The van der Waals surface area contributed by atoms with E-state index in [9.17, 15) is 9.59 Å².